The third-order valence-corrected chi connectivity index (χ3v) is 0. The summed E-state index contributed by atoms with van der Waals surface area (Å²) in [4.78, 5) is 0. The predicted molar refractivity (Wildman–Crippen MR) is 4.81 cm³/mol. The van der Waals surface area contributed by atoms with E-state index in [4.69, 9.17) is 0 Å². The van der Waals surface area contributed by atoms with Crippen molar-refractivity contribution in [3.05, 3.63) is 0 Å². The van der Waals surface area contributed by atoms with Crippen molar-refractivity contribution in [2.75, 3.05) is 0 Å². The molecule has 0 aromatic carbocycles. The Hall–Kier alpha value is 2.50. The van der Waals surface area contributed by atoms with E-state index >= 15 is 0 Å². The second kappa shape index (κ2) is 265. The number of hydrogen-bond donors (Lipinski definition) is 0. The fraction of sp³-hybridized carbons (Fsp3) is 0. The van der Waals surface area contributed by atoms with Gasteiger partial charge in [-0.3, -0.25) is 0 Å². The van der Waals surface area contributed by atoms with Crippen LogP contribution in [-0.4, -0.2) is 0 Å². The van der Waals surface area contributed by atoms with E-state index in [2.05, 4.69) is 0 Å². The van der Waals surface area contributed by atoms with Gasteiger partial charge in [0.1, 0.15) is 0 Å². The summed E-state index contributed by atoms with van der Waals surface area (Å²) >= 11 is 0. The molecule has 0 spiro atoms. The summed E-state index contributed by atoms with van der Waals surface area (Å²) in [5.41, 5.74) is 0. The summed E-state index contributed by atoms with van der Waals surface area (Å²) in [5, 5.41) is 0. The molecule has 0 N–H and O–H groups in total. The van der Waals surface area contributed by atoms with Gasteiger partial charge in [0.05, 0.1) is 0 Å². The summed E-state index contributed by atoms with van der Waals surface area (Å²) in [6, 6.07) is 0. The minimum absolute atomic E-state index is 0. The standard InChI is InChI=1S/2Fe.2Hf.7O/q2*+3;2*+4;7*-2. The second-order valence-corrected chi connectivity index (χ2v) is 0. The summed E-state index contributed by atoms with van der Waals surface area (Å²) < 4.78 is 0. The van der Waals surface area contributed by atoms with Crippen LogP contribution in [0.4, 0.5) is 0 Å². The van der Waals surface area contributed by atoms with E-state index in [1.54, 1.807) is 0 Å². The Morgan fingerprint density at radius 1 is 0.273 bits per heavy atom. The van der Waals surface area contributed by atoms with Crippen molar-refractivity contribution in [1.29, 1.82) is 0 Å². The van der Waals surface area contributed by atoms with E-state index < -0.39 is 0 Å². The van der Waals surface area contributed by atoms with Gasteiger partial charge < -0.3 is 38.3 Å². The summed E-state index contributed by atoms with van der Waals surface area (Å²) in [6.45, 7) is 0. The molecule has 0 atom stereocenters. The molecule has 0 aliphatic rings. The van der Waals surface area contributed by atoms with Crippen LogP contribution in [0.25, 0.3) is 0 Å². The summed E-state index contributed by atoms with van der Waals surface area (Å²) in [7, 11) is 0. The van der Waals surface area contributed by atoms with Crippen LogP contribution < -0.4 is 0 Å². The Labute approximate surface area is 123 Å². The van der Waals surface area contributed by atoms with Crippen LogP contribution in [0.2, 0.25) is 0 Å². The maximum Gasteiger partial charge on any atom is 4.00 e. The van der Waals surface area contributed by atoms with E-state index in [0.29, 0.717) is 0 Å². The van der Waals surface area contributed by atoms with Crippen molar-refractivity contribution in [2.24, 2.45) is 0 Å². The third-order valence-electron chi connectivity index (χ3n) is 0. The van der Waals surface area contributed by atoms with E-state index in [1.807, 2.05) is 0 Å². The van der Waals surface area contributed by atoms with E-state index in [9.17, 15) is 0 Å². The molecule has 7 nitrogen and oxygen atoms in total. The zero-order valence-electron chi connectivity index (χ0n) is 4.56. The van der Waals surface area contributed by atoms with E-state index in [-0.39, 0.29) is 124 Å². The van der Waals surface area contributed by atoms with Gasteiger partial charge in [-0.1, -0.05) is 0 Å². The first-order chi connectivity index (χ1) is 0. The zero-order chi connectivity index (χ0) is 0. The van der Waals surface area contributed by atoms with Gasteiger partial charge in [-0.05, 0) is 0 Å². The van der Waals surface area contributed by atoms with Crippen LogP contribution in [0.3, 0.4) is 0 Å². The molecule has 0 fully saturated rings. The average molecular weight is 581 g/mol. The van der Waals surface area contributed by atoms with E-state index in [0.717, 1.165) is 0 Å². The van der Waals surface area contributed by atoms with Crippen LogP contribution in [0, 0.1) is 0 Å². The van der Waals surface area contributed by atoms with Gasteiger partial charge in [0, 0.05) is 0 Å². The SMILES string of the molecule is [Fe+3].[Fe+3].[Hf+4].[Hf+4].[O-2].[O-2].[O-2].[O-2].[O-2].[O-2].[O-2]. The minimum Gasteiger partial charge on any atom is -2.00 e. The van der Waals surface area contributed by atoms with Crippen molar-refractivity contribution < 1.29 is 124 Å². The molecule has 0 aromatic rings. The normalized spacial score (nSPS) is 0. The molecule has 0 heterocycles. The van der Waals surface area contributed by atoms with Gasteiger partial charge in [0.2, 0.25) is 0 Å². The van der Waals surface area contributed by atoms with Crippen LogP contribution in [0.5, 0.6) is 0 Å². The van der Waals surface area contributed by atoms with Crippen LogP contribution in [0.15, 0.2) is 0 Å². The molecule has 0 bridgehead atoms. The van der Waals surface area contributed by atoms with Crippen molar-refractivity contribution in [1.82, 2.24) is 0 Å². The Bertz CT molecular complexity index is 14.4. The molecule has 11 heavy (non-hydrogen) atoms. The molecule has 2 radical (unpaired) electrons. The smallest absolute Gasteiger partial charge is 2.00 e. The Morgan fingerprint density at radius 2 is 0.273 bits per heavy atom. The molecule has 0 rings (SSSR count). The third kappa shape index (κ3) is 221. The summed E-state index contributed by atoms with van der Waals surface area (Å²) in [5.74, 6) is 0. The fourth-order valence-corrected chi connectivity index (χ4v) is 0. The van der Waals surface area contributed by atoms with Crippen LogP contribution in [-0.2, 0) is 124 Å². The number of rotatable bonds is 0. The van der Waals surface area contributed by atoms with Crippen molar-refractivity contribution in [3.63, 3.8) is 0 Å². The topological polar surface area (TPSA) is 200 Å². The van der Waals surface area contributed by atoms with Gasteiger partial charge in [-0.15, -0.1) is 0 Å². The molecule has 11 heteroatoms. The first kappa shape index (κ1) is 338. The monoisotopic (exact) mass is 584 g/mol. The first-order valence-electron chi connectivity index (χ1n) is 0. The molecule has 0 saturated carbocycles. The summed E-state index contributed by atoms with van der Waals surface area (Å²) in [6.07, 6.45) is 0. The average Bonchev–Trinajstić information content (AvgIpc) is 0. The van der Waals surface area contributed by atoms with Crippen LogP contribution >= 0.6 is 0 Å². The molecule has 0 saturated heterocycles. The Morgan fingerprint density at radius 3 is 0.273 bits per heavy atom. The quantitative estimate of drug-likeness (QED) is 0.322. The van der Waals surface area contributed by atoms with Crippen molar-refractivity contribution in [2.45, 2.75) is 0 Å². The van der Waals surface area contributed by atoms with Gasteiger partial charge in [-0.25, -0.2) is 0 Å². The molecule has 0 aliphatic carbocycles. The van der Waals surface area contributed by atoms with Gasteiger partial charge >= 0.3 is 85.8 Å². The Kier molecular flexibility index (Phi) is 8120. The maximum absolute atomic E-state index is 0. The van der Waals surface area contributed by atoms with Gasteiger partial charge in [0.25, 0.3) is 0 Å². The maximum atomic E-state index is 0. The van der Waals surface area contributed by atoms with E-state index in [1.165, 1.54) is 0 Å². The molecule has 0 aliphatic heterocycles. The molecular formula is Fe2Hf2O7. The Balaban J connectivity index is 0. The zero-order valence-corrected chi connectivity index (χ0v) is 14.0. The first-order valence-corrected chi connectivity index (χ1v) is 0. The molecule has 0 aromatic heterocycles. The van der Waals surface area contributed by atoms with Gasteiger partial charge in [-0.2, -0.15) is 0 Å². The molecule has 66 valence electrons. The molecule has 0 amide bonds. The molecular weight excluding hydrogens is 581 g/mol. The van der Waals surface area contributed by atoms with Gasteiger partial charge in [0.15, 0.2) is 0 Å². The van der Waals surface area contributed by atoms with Crippen molar-refractivity contribution >= 4 is 0 Å². The minimum atomic E-state index is 0. The van der Waals surface area contributed by atoms with Crippen LogP contribution in [0.1, 0.15) is 0 Å². The predicted octanol–water partition coefficient (Wildman–Crippen LogP) is -0.842. The number of hydrogen-bond acceptors (Lipinski definition) is 0. The fourth-order valence-electron chi connectivity index (χ4n) is 0. The van der Waals surface area contributed by atoms with Crippen molar-refractivity contribution in [3.8, 4) is 0 Å². The largest absolute Gasteiger partial charge is 4.00 e. The molecule has 0 unspecified atom stereocenters. The second-order valence-electron chi connectivity index (χ2n) is 0.